The second-order valence-corrected chi connectivity index (χ2v) is 18.9. The van der Waals surface area contributed by atoms with Crippen LogP contribution in [0.4, 0.5) is 34.1 Å². The van der Waals surface area contributed by atoms with Crippen LogP contribution in [0.1, 0.15) is 52.6 Å². The summed E-state index contributed by atoms with van der Waals surface area (Å²) in [6.45, 7) is 6.84. The van der Waals surface area contributed by atoms with Crippen LogP contribution in [0.2, 0.25) is 0 Å². The first kappa shape index (κ1) is 40.8. The van der Waals surface area contributed by atoms with Crippen molar-refractivity contribution in [1.29, 1.82) is 0 Å². The van der Waals surface area contributed by atoms with E-state index in [9.17, 15) is 0 Å². The summed E-state index contributed by atoms with van der Waals surface area (Å²) in [4.78, 5) is 4.93. The maximum absolute atomic E-state index is 4.47. The summed E-state index contributed by atoms with van der Waals surface area (Å²) in [5.74, 6) is 0.411. The topological polar surface area (TPSA) is 11.4 Å². The van der Waals surface area contributed by atoms with Crippen molar-refractivity contribution in [3.8, 4) is 0 Å². The Morgan fingerprint density at radius 3 is 1.71 bits per heavy atom. The van der Waals surface area contributed by atoms with Gasteiger partial charge in [-0.15, -0.1) is 0 Å². The van der Waals surface area contributed by atoms with Crippen LogP contribution >= 0.6 is 0 Å². The zero-order valence-corrected chi connectivity index (χ0v) is 39.0. The van der Waals surface area contributed by atoms with Crippen LogP contribution in [0.5, 0.6) is 0 Å². The minimum absolute atomic E-state index is 0.137. The molecule has 0 aliphatic heterocycles. The molecule has 0 amide bonds. The molecule has 0 saturated carbocycles. The molecule has 0 fully saturated rings. The van der Waals surface area contributed by atoms with Crippen molar-refractivity contribution in [1.82, 2.24) is 4.57 Å². The van der Waals surface area contributed by atoms with E-state index in [4.69, 9.17) is 0 Å². The first-order chi connectivity index (χ1) is 34.0. The monoisotopic (exact) mass is 885 g/mol. The molecule has 2 unspecified atom stereocenters. The number of aromatic nitrogens is 1. The lowest BCUT2D eigenvalue weighted by atomic mass is 9.74. The van der Waals surface area contributed by atoms with Gasteiger partial charge in [0.1, 0.15) is 0 Å². The largest absolute Gasteiger partial charge is 0.344 e. The van der Waals surface area contributed by atoms with Crippen LogP contribution in [0.25, 0.3) is 72.4 Å². The van der Waals surface area contributed by atoms with Gasteiger partial charge in [-0.25, -0.2) is 0 Å². The third kappa shape index (κ3) is 6.56. The Morgan fingerprint density at radius 2 is 1.06 bits per heavy atom. The minimum atomic E-state index is 0.137. The fourth-order valence-electron chi connectivity index (χ4n) is 11.8. The quantitative estimate of drug-likeness (QED) is 0.151. The van der Waals surface area contributed by atoms with E-state index >= 15 is 0 Å². The molecule has 0 N–H and O–H groups in total. The Hall–Kier alpha value is -8.40. The number of aryl methyl sites for hydroxylation is 2. The molecule has 1 heterocycles. The van der Waals surface area contributed by atoms with Crippen molar-refractivity contribution in [2.45, 2.75) is 25.7 Å². The van der Waals surface area contributed by atoms with Crippen LogP contribution in [-0.4, -0.2) is 4.57 Å². The predicted octanol–water partition coefficient (Wildman–Crippen LogP) is 18.1. The van der Waals surface area contributed by atoms with E-state index in [0.29, 0.717) is 0 Å². The number of hydrogen-bond donors (Lipinski definition) is 0. The molecule has 0 bridgehead atoms. The second kappa shape index (κ2) is 16.4. The molecular weight excluding hydrogens is 835 g/mol. The first-order valence-corrected chi connectivity index (χ1v) is 24.4. The van der Waals surface area contributed by atoms with Crippen molar-refractivity contribution >= 4 is 106 Å². The fourth-order valence-corrected chi connectivity index (χ4v) is 11.8. The van der Waals surface area contributed by atoms with Crippen molar-refractivity contribution in [3.63, 3.8) is 0 Å². The molecule has 3 heteroatoms. The van der Waals surface area contributed by atoms with Gasteiger partial charge in [0.15, 0.2) is 0 Å². The second-order valence-electron chi connectivity index (χ2n) is 18.9. The molecule has 1 aromatic heterocycles. The molecule has 2 aliphatic carbocycles. The van der Waals surface area contributed by atoms with E-state index in [1.165, 1.54) is 93.3 Å². The Balaban J connectivity index is 0.956. The highest BCUT2D eigenvalue weighted by atomic mass is 15.2. The standard InChI is InChI=1S/C66H51N3/c1-4-44-41-49(68(59-29-13-21-45-17-5-9-25-51(45)59)60-30-14-22-46-18-6-10-26-52(46)60)34-37-55(44)65-43(2)33-36-57-56(65)39-40-63-66(57)58-38-35-50(42-64(58)67(63)3)69(61-31-15-23-47-19-7-11-27-53(47)61)62-32-16-24-48-20-8-12-28-54(48)62/h4-5,7-17,19-43,65H,1,6,18H2,2-3H3. The number of rotatable bonds is 8. The van der Waals surface area contributed by atoms with Gasteiger partial charge >= 0.3 is 0 Å². The smallest absolute Gasteiger partial charge is 0.0540 e. The van der Waals surface area contributed by atoms with Gasteiger partial charge in [0, 0.05) is 62.4 Å². The normalized spacial score (nSPS) is 15.2. The van der Waals surface area contributed by atoms with E-state index in [1.54, 1.807) is 0 Å². The van der Waals surface area contributed by atoms with Gasteiger partial charge in [-0.3, -0.25) is 0 Å². The van der Waals surface area contributed by atoms with Crippen molar-refractivity contribution in [3.05, 3.63) is 246 Å². The highest BCUT2D eigenvalue weighted by Gasteiger charge is 2.30. The molecule has 69 heavy (non-hydrogen) atoms. The van der Waals surface area contributed by atoms with E-state index in [2.05, 4.69) is 259 Å². The number of anilines is 6. The number of benzene rings is 10. The summed E-state index contributed by atoms with van der Waals surface area (Å²) >= 11 is 0. The van der Waals surface area contributed by atoms with Gasteiger partial charge in [-0.05, 0) is 117 Å². The Labute approximate surface area is 403 Å². The zero-order valence-electron chi connectivity index (χ0n) is 39.0. The first-order valence-electron chi connectivity index (χ1n) is 24.4. The SMILES string of the molecule is C=Cc1cc(N(c2cccc3c2C=CCC3)c2cccc3ccccc23)ccc1C1c2ccc3c(c2C=CC1C)c1ccc(N(c2cccc4ccccc24)c2cccc4ccccc24)cc1n3C. The highest BCUT2D eigenvalue weighted by Crippen LogP contribution is 2.49. The van der Waals surface area contributed by atoms with Gasteiger partial charge in [-0.1, -0.05) is 183 Å². The molecule has 10 aromatic carbocycles. The average molecular weight is 886 g/mol. The summed E-state index contributed by atoms with van der Waals surface area (Å²) in [5.41, 5.74) is 17.1. The summed E-state index contributed by atoms with van der Waals surface area (Å²) in [6, 6.07) is 71.9. The van der Waals surface area contributed by atoms with E-state index in [1.807, 2.05) is 0 Å². The summed E-state index contributed by atoms with van der Waals surface area (Å²) < 4.78 is 2.39. The van der Waals surface area contributed by atoms with Gasteiger partial charge in [0.05, 0.1) is 28.3 Å². The lowest BCUT2D eigenvalue weighted by Gasteiger charge is -2.32. The summed E-state index contributed by atoms with van der Waals surface area (Å²) in [6.07, 6.45) is 13.6. The van der Waals surface area contributed by atoms with Gasteiger partial charge in [-0.2, -0.15) is 0 Å². The van der Waals surface area contributed by atoms with Crippen LogP contribution < -0.4 is 9.80 Å². The molecule has 3 nitrogen and oxygen atoms in total. The summed E-state index contributed by atoms with van der Waals surface area (Å²) in [5, 5.41) is 9.88. The Kier molecular flexibility index (Phi) is 9.73. The lowest BCUT2D eigenvalue weighted by molar-refractivity contribution is 0.618. The third-order valence-corrected chi connectivity index (χ3v) is 15.1. The molecule has 11 aromatic rings. The van der Waals surface area contributed by atoms with E-state index in [0.717, 1.165) is 41.2 Å². The van der Waals surface area contributed by atoms with Gasteiger partial charge in [0.2, 0.25) is 0 Å². The Morgan fingerprint density at radius 1 is 0.507 bits per heavy atom. The molecule has 0 radical (unpaired) electrons. The maximum atomic E-state index is 4.47. The predicted molar refractivity (Wildman–Crippen MR) is 296 cm³/mol. The molecule has 0 spiro atoms. The van der Waals surface area contributed by atoms with Crippen molar-refractivity contribution < 1.29 is 0 Å². The van der Waals surface area contributed by atoms with Crippen LogP contribution in [0.15, 0.2) is 213 Å². The number of fused-ring (bicyclic) bond motifs is 9. The minimum Gasteiger partial charge on any atom is -0.344 e. The maximum Gasteiger partial charge on any atom is 0.0540 e. The average Bonchev–Trinajstić information content (AvgIpc) is 3.69. The van der Waals surface area contributed by atoms with E-state index < -0.39 is 0 Å². The molecule has 330 valence electrons. The number of hydrogen-bond acceptors (Lipinski definition) is 2. The molecular formula is C66H51N3. The van der Waals surface area contributed by atoms with Crippen molar-refractivity contribution in [2.24, 2.45) is 13.0 Å². The lowest BCUT2D eigenvalue weighted by Crippen LogP contribution is -2.17. The van der Waals surface area contributed by atoms with E-state index in [-0.39, 0.29) is 11.8 Å². The molecule has 2 atom stereocenters. The zero-order chi connectivity index (χ0) is 46.2. The van der Waals surface area contributed by atoms with Crippen LogP contribution in [0.3, 0.4) is 0 Å². The van der Waals surface area contributed by atoms with Gasteiger partial charge < -0.3 is 14.4 Å². The third-order valence-electron chi connectivity index (χ3n) is 15.1. The highest BCUT2D eigenvalue weighted by molar-refractivity contribution is 6.14. The molecule has 0 saturated heterocycles. The fraction of sp³-hybridized carbons (Fsp3) is 0.0909. The number of allylic oxidation sites excluding steroid dienone is 2. The molecule has 13 rings (SSSR count). The molecule has 2 aliphatic rings. The van der Waals surface area contributed by atoms with Crippen LogP contribution in [0, 0.1) is 5.92 Å². The Bertz CT molecular complexity index is 3840. The summed E-state index contributed by atoms with van der Waals surface area (Å²) in [7, 11) is 2.23. The number of nitrogens with zero attached hydrogens (tertiary/aromatic N) is 3. The van der Waals surface area contributed by atoms with Crippen LogP contribution in [-0.2, 0) is 13.5 Å². The van der Waals surface area contributed by atoms with Crippen molar-refractivity contribution in [2.75, 3.05) is 9.80 Å². The van der Waals surface area contributed by atoms with Gasteiger partial charge in [0.25, 0.3) is 0 Å².